The summed E-state index contributed by atoms with van der Waals surface area (Å²) >= 11 is 18.6. The van der Waals surface area contributed by atoms with Gasteiger partial charge in [-0.2, -0.15) is 0 Å². The number of para-hydroxylation sites is 2. The number of aryl methyl sites for hydroxylation is 1. The summed E-state index contributed by atoms with van der Waals surface area (Å²) in [6.45, 7) is 6.05. The fourth-order valence-corrected chi connectivity index (χ4v) is 3.08. The van der Waals surface area contributed by atoms with Gasteiger partial charge in [0.1, 0.15) is 0 Å². The lowest BCUT2D eigenvalue weighted by molar-refractivity contribution is 0.983. The first-order chi connectivity index (χ1) is 10.9. The smallest absolute Gasteiger partial charge is 0.0723 e. The van der Waals surface area contributed by atoms with E-state index in [4.69, 9.17) is 34.8 Å². The zero-order valence-corrected chi connectivity index (χ0v) is 15.5. The van der Waals surface area contributed by atoms with E-state index in [2.05, 4.69) is 16.7 Å². The molecule has 5 heteroatoms. The number of hydrogen-bond acceptors (Lipinski definition) is 2. The Balaban J connectivity index is 2.11. The SMILES string of the molecule is CC(=CC(C)Nc1c(Cl)cccc1Cl)Nc1c(C)cccc1Cl. The van der Waals surface area contributed by atoms with Crippen molar-refractivity contribution in [2.45, 2.75) is 26.8 Å². The van der Waals surface area contributed by atoms with Crippen molar-refractivity contribution >= 4 is 46.2 Å². The topological polar surface area (TPSA) is 24.1 Å². The van der Waals surface area contributed by atoms with Crippen molar-refractivity contribution in [1.82, 2.24) is 0 Å². The highest BCUT2D eigenvalue weighted by atomic mass is 35.5. The molecule has 2 aromatic carbocycles. The number of allylic oxidation sites excluding steroid dienone is 1. The van der Waals surface area contributed by atoms with Gasteiger partial charge in [0.15, 0.2) is 0 Å². The van der Waals surface area contributed by atoms with Crippen LogP contribution < -0.4 is 10.6 Å². The molecule has 0 fully saturated rings. The van der Waals surface area contributed by atoms with Crippen LogP contribution in [0.25, 0.3) is 0 Å². The number of rotatable bonds is 5. The van der Waals surface area contributed by atoms with E-state index in [1.807, 2.05) is 57.2 Å². The van der Waals surface area contributed by atoms with E-state index in [0.717, 1.165) is 22.6 Å². The van der Waals surface area contributed by atoms with Crippen LogP contribution in [0.15, 0.2) is 48.2 Å². The second-order valence-corrected chi connectivity index (χ2v) is 6.66. The largest absolute Gasteiger partial charge is 0.377 e. The molecule has 23 heavy (non-hydrogen) atoms. The Hall–Kier alpha value is -1.35. The summed E-state index contributed by atoms with van der Waals surface area (Å²) in [5.74, 6) is 0. The molecule has 0 saturated heterocycles. The number of halogens is 3. The van der Waals surface area contributed by atoms with Crippen molar-refractivity contribution in [2.24, 2.45) is 0 Å². The maximum absolute atomic E-state index is 6.24. The predicted molar refractivity (Wildman–Crippen MR) is 103 cm³/mol. The van der Waals surface area contributed by atoms with Crippen LogP contribution in [-0.4, -0.2) is 6.04 Å². The highest BCUT2D eigenvalue weighted by Crippen LogP contribution is 2.31. The first kappa shape index (κ1) is 18.0. The van der Waals surface area contributed by atoms with E-state index in [1.54, 1.807) is 0 Å². The molecule has 2 nitrogen and oxygen atoms in total. The van der Waals surface area contributed by atoms with Gasteiger partial charge in [-0.05, 0) is 50.6 Å². The highest BCUT2D eigenvalue weighted by Gasteiger charge is 2.08. The summed E-state index contributed by atoms with van der Waals surface area (Å²) in [5.41, 5.74) is 3.75. The Bertz CT molecular complexity index is 686. The average molecular weight is 370 g/mol. The fourth-order valence-electron chi connectivity index (χ4n) is 2.31. The molecule has 2 aromatic rings. The normalized spacial score (nSPS) is 12.9. The number of nitrogens with one attached hydrogen (secondary N) is 2. The van der Waals surface area contributed by atoms with Gasteiger partial charge in [0.25, 0.3) is 0 Å². The maximum Gasteiger partial charge on any atom is 0.0723 e. The van der Waals surface area contributed by atoms with Crippen LogP contribution in [0.5, 0.6) is 0 Å². The molecule has 0 saturated carbocycles. The summed E-state index contributed by atoms with van der Waals surface area (Å²) in [6, 6.07) is 11.3. The van der Waals surface area contributed by atoms with E-state index in [1.165, 1.54) is 0 Å². The molecule has 2 rings (SSSR count). The van der Waals surface area contributed by atoms with Crippen molar-refractivity contribution in [3.05, 3.63) is 68.8 Å². The van der Waals surface area contributed by atoms with Gasteiger partial charge in [-0.3, -0.25) is 0 Å². The van der Waals surface area contributed by atoms with Crippen molar-refractivity contribution in [1.29, 1.82) is 0 Å². The molecule has 0 heterocycles. The van der Waals surface area contributed by atoms with E-state index in [9.17, 15) is 0 Å². The van der Waals surface area contributed by atoms with Gasteiger partial charge in [0.05, 0.1) is 26.4 Å². The monoisotopic (exact) mass is 368 g/mol. The fraction of sp³-hybridized carbons (Fsp3) is 0.222. The standard InChI is InChI=1S/C18H19Cl3N2/c1-11-6-4-7-14(19)17(11)22-12(2)10-13(3)23-18-15(20)8-5-9-16(18)21/h4-10,13,22-23H,1-3H3. The van der Waals surface area contributed by atoms with Crippen LogP contribution in [0, 0.1) is 6.92 Å². The van der Waals surface area contributed by atoms with Gasteiger partial charge in [-0.1, -0.05) is 53.0 Å². The zero-order valence-electron chi connectivity index (χ0n) is 13.3. The number of anilines is 2. The van der Waals surface area contributed by atoms with Crippen LogP contribution >= 0.6 is 34.8 Å². The summed E-state index contributed by atoms with van der Waals surface area (Å²) in [5, 5.41) is 8.56. The van der Waals surface area contributed by atoms with Crippen LogP contribution in [0.2, 0.25) is 15.1 Å². The van der Waals surface area contributed by atoms with Gasteiger partial charge in [-0.25, -0.2) is 0 Å². The molecule has 0 amide bonds. The lowest BCUT2D eigenvalue weighted by Crippen LogP contribution is -2.14. The summed E-state index contributed by atoms with van der Waals surface area (Å²) in [7, 11) is 0. The van der Waals surface area contributed by atoms with Crippen molar-refractivity contribution in [3.63, 3.8) is 0 Å². The summed E-state index contributed by atoms with van der Waals surface area (Å²) < 4.78 is 0. The highest BCUT2D eigenvalue weighted by molar-refractivity contribution is 6.39. The molecule has 2 N–H and O–H groups in total. The molecule has 0 aliphatic rings. The molecule has 0 aliphatic carbocycles. The van der Waals surface area contributed by atoms with Crippen LogP contribution in [0.1, 0.15) is 19.4 Å². The van der Waals surface area contributed by atoms with Crippen molar-refractivity contribution in [3.8, 4) is 0 Å². The van der Waals surface area contributed by atoms with Gasteiger partial charge in [0.2, 0.25) is 0 Å². The molecule has 122 valence electrons. The Morgan fingerprint density at radius 2 is 1.48 bits per heavy atom. The first-order valence-electron chi connectivity index (χ1n) is 7.29. The molecule has 1 atom stereocenters. The van der Waals surface area contributed by atoms with Crippen LogP contribution in [0.3, 0.4) is 0 Å². The third-order valence-electron chi connectivity index (χ3n) is 3.38. The Morgan fingerprint density at radius 3 is 2.04 bits per heavy atom. The molecule has 0 spiro atoms. The molecule has 0 bridgehead atoms. The van der Waals surface area contributed by atoms with Crippen molar-refractivity contribution < 1.29 is 0 Å². The molecule has 0 aliphatic heterocycles. The quantitative estimate of drug-likeness (QED) is 0.607. The minimum absolute atomic E-state index is 0.0442. The van der Waals surface area contributed by atoms with Gasteiger partial charge >= 0.3 is 0 Å². The molecular weight excluding hydrogens is 351 g/mol. The lowest BCUT2D eigenvalue weighted by atomic mass is 10.2. The van der Waals surface area contributed by atoms with E-state index < -0.39 is 0 Å². The zero-order chi connectivity index (χ0) is 17.0. The average Bonchev–Trinajstić information content (AvgIpc) is 2.47. The van der Waals surface area contributed by atoms with E-state index in [-0.39, 0.29) is 6.04 Å². The summed E-state index contributed by atoms with van der Waals surface area (Å²) in [6.07, 6.45) is 2.06. The van der Waals surface area contributed by atoms with Gasteiger partial charge in [0, 0.05) is 11.7 Å². The molecule has 0 aromatic heterocycles. The van der Waals surface area contributed by atoms with Crippen LogP contribution in [0.4, 0.5) is 11.4 Å². The second-order valence-electron chi connectivity index (χ2n) is 5.44. The maximum atomic E-state index is 6.24. The Morgan fingerprint density at radius 1 is 0.957 bits per heavy atom. The first-order valence-corrected chi connectivity index (χ1v) is 8.43. The third kappa shape index (κ3) is 4.81. The molecular formula is C18H19Cl3N2. The molecule has 1 unspecified atom stereocenters. The minimum Gasteiger partial charge on any atom is -0.377 e. The second kappa shape index (κ2) is 7.96. The van der Waals surface area contributed by atoms with Gasteiger partial charge < -0.3 is 10.6 Å². The van der Waals surface area contributed by atoms with Gasteiger partial charge in [-0.15, -0.1) is 0 Å². The van der Waals surface area contributed by atoms with E-state index in [0.29, 0.717) is 15.1 Å². The number of hydrogen-bond donors (Lipinski definition) is 2. The van der Waals surface area contributed by atoms with E-state index >= 15 is 0 Å². The Labute approximate surface area is 152 Å². The van der Waals surface area contributed by atoms with Crippen molar-refractivity contribution in [2.75, 3.05) is 10.6 Å². The van der Waals surface area contributed by atoms with Crippen LogP contribution in [-0.2, 0) is 0 Å². The minimum atomic E-state index is 0.0442. The Kier molecular flexibility index (Phi) is 6.23. The predicted octanol–water partition coefficient (Wildman–Crippen LogP) is 6.77. The molecule has 0 radical (unpaired) electrons. The lowest BCUT2D eigenvalue weighted by Gasteiger charge is -2.17. The number of benzene rings is 2. The third-order valence-corrected chi connectivity index (χ3v) is 4.32. The summed E-state index contributed by atoms with van der Waals surface area (Å²) in [4.78, 5) is 0.